The molecule has 0 aliphatic heterocycles. The molecule has 0 bridgehead atoms. The van der Waals surface area contributed by atoms with Crippen molar-refractivity contribution in [3.8, 4) is 0 Å². The van der Waals surface area contributed by atoms with Gasteiger partial charge in [-0.25, -0.2) is 0 Å². The number of nitrogens with one attached hydrogen (secondary N) is 2. The third-order valence-corrected chi connectivity index (χ3v) is 4.69. The summed E-state index contributed by atoms with van der Waals surface area (Å²) in [6.07, 6.45) is 1.79. The van der Waals surface area contributed by atoms with Gasteiger partial charge in [-0.1, -0.05) is 23.7 Å². The molecular formula is C20H31ClIN5. The molecule has 1 unspecified atom stereocenters. The fraction of sp³-hybridized carbons (Fsp3) is 0.500. The molecule has 2 aromatic rings. The van der Waals surface area contributed by atoms with E-state index in [0.29, 0.717) is 6.54 Å². The molecule has 2 N–H and O–H groups in total. The minimum absolute atomic E-state index is 0. The van der Waals surface area contributed by atoms with E-state index in [1.807, 2.05) is 29.9 Å². The lowest BCUT2D eigenvalue weighted by atomic mass is 10.1. The van der Waals surface area contributed by atoms with Crippen LogP contribution in [0.1, 0.15) is 36.4 Å². The zero-order chi connectivity index (χ0) is 19.1. The molecule has 1 aromatic carbocycles. The molecule has 1 atom stereocenters. The van der Waals surface area contributed by atoms with Gasteiger partial charge in [0.1, 0.15) is 0 Å². The van der Waals surface area contributed by atoms with Crippen molar-refractivity contribution >= 4 is 41.5 Å². The second-order valence-electron chi connectivity index (χ2n) is 6.66. The van der Waals surface area contributed by atoms with Crippen molar-refractivity contribution in [1.82, 2.24) is 20.4 Å². The van der Waals surface area contributed by atoms with Gasteiger partial charge in [-0.3, -0.25) is 9.67 Å². The predicted octanol–water partition coefficient (Wildman–Crippen LogP) is 4.04. The number of benzene rings is 1. The zero-order valence-electron chi connectivity index (χ0n) is 16.8. The van der Waals surface area contributed by atoms with Crippen molar-refractivity contribution in [1.29, 1.82) is 0 Å². The molecule has 0 aliphatic carbocycles. The first-order valence-corrected chi connectivity index (χ1v) is 9.56. The minimum atomic E-state index is 0. The first-order valence-electron chi connectivity index (χ1n) is 9.19. The molecule has 150 valence electrons. The molecule has 7 heteroatoms. The van der Waals surface area contributed by atoms with E-state index in [9.17, 15) is 0 Å². The highest BCUT2D eigenvalue weighted by atomic mass is 127. The van der Waals surface area contributed by atoms with Gasteiger partial charge >= 0.3 is 0 Å². The summed E-state index contributed by atoms with van der Waals surface area (Å²) in [5, 5.41) is 12.1. The van der Waals surface area contributed by atoms with Crippen LogP contribution in [0.5, 0.6) is 0 Å². The topological polar surface area (TPSA) is 54.2 Å². The van der Waals surface area contributed by atoms with Gasteiger partial charge in [-0.15, -0.1) is 24.0 Å². The van der Waals surface area contributed by atoms with Crippen LogP contribution in [-0.2, 0) is 19.9 Å². The van der Waals surface area contributed by atoms with Gasteiger partial charge in [0, 0.05) is 36.9 Å². The number of hydrogen-bond donors (Lipinski definition) is 2. The third kappa shape index (κ3) is 7.33. The van der Waals surface area contributed by atoms with Crippen molar-refractivity contribution < 1.29 is 0 Å². The first kappa shape index (κ1) is 23.8. The Kier molecular flexibility index (Phi) is 10.2. The molecule has 2 rings (SSSR count). The Morgan fingerprint density at radius 1 is 1.33 bits per heavy atom. The van der Waals surface area contributed by atoms with E-state index >= 15 is 0 Å². The fourth-order valence-electron chi connectivity index (χ4n) is 3.01. The minimum Gasteiger partial charge on any atom is -0.357 e. The number of aromatic nitrogens is 2. The van der Waals surface area contributed by atoms with Crippen LogP contribution < -0.4 is 10.6 Å². The molecule has 0 spiro atoms. The number of halogens is 2. The van der Waals surface area contributed by atoms with Crippen molar-refractivity contribution in [3.63, 3.8) is 0 Å². The van der Waals surface area contributed by atoms with E-state index in [0.717, 1.165) is 36.1 Å². The van der Waals surface area contributed by atoms with Crippen molar-refractivity contribution in [2.75, 3.05) is 13.1 Å². The lowest BCUT2D eigenvalue weighted by Crippen LogP contribution is -2.43. The Hall–Kier alpha value is -1.28. The quantitative estimate of drug-likeness (QED) is 0.341. The van der Waals surface area contributed by atoms with Crippen LogP contribution in [-0.4, -0.2) is 34.9 Å². The number of hydrogen-bond acceptors (Lipinski definition) is 2. The number of aliphatic imine (C=N–C) groups is 1. The van der Waals surface area contributed by atoms with E-state index in [1.165, 1.54) is 16.8 Å². The van der Waals surface area contributed by atoms with E-state index in [2.05, 4.69) is 49.5 Å². The van der Waals surface area contributed by atoms with E-state index in [4.69, 9.17) is 16.6 Å². The molecule has 27 heavy (non-hydrogen) atoms. The second-order valence-corrected chi connectivity index (χ2v) is 7.10. The molecule has 0 aliphatic rings. The van der Waals surface area contributed by atoms with Crippen LogP contribution in [0.2, 0.25) is 5.02 Å². The number of aryl methyl sites for hydroxylation is 2. The highest BCUT2D eigenvalue weighted by Gasteiger charge is 2.13. The summed E-state index contributed by atoms with van der Waals surface area (Å²) in [4.78, 5) is 4.70. The van der Waals surface area contributed by atoms with Crippen LogP contribution in [0.25, 0.3) is 0 Å². The molecule has 0 saturated heterocycles. The van der Waals surface area contributed by atoms with Gasteiger partial charge < -0.3 is 10.6 Å². The van der Waals surface area contributed by atoms with Gasteiger partial charge in [0.2, 0.25) is 0 Å². The summed E-state index contributed by atoms with van der Waals surface area (Å²) in [6, 6.07) is 8.21. The van der Waals surface area contributed by atoms with E-state index in [1.54, 1.807) is 0 Å². The van der Waals surface area contributed by atoms with Gasteiger partial charge in [0.05, 0.1) is 5.69 Å². The summed E-state index contributed by atoms with van der Waals surface area (Å²) < 4.78 is 1.95. The molecule has 0 radical (unpaired) electrons. The maximum atomic E-state index is 6.04. The molecule has 0 amide bonds. The summed E-state index contributed by atoms with van der Waals surface area (Å²) in [6.45, 7) is 9.99. The molecule has 0 fully saturated rings. The van der Waals surface area contributed by atoms with Crippen molar-refractivity contribution in [2.24, 2.45) is 12.0 Å². The molecule has 5 nitrogen and oxygen atoms in total. The van der Waals surface area contributed by atoms with E-state index < -0.39 is 0 Å². The second kappa shape index (κ2) is 11.5. The van der Waals surface area contributed by atoms with Gasteiger partial charge in [0.15, 0.2) is 5.96 Å². The van der Waals surface area contributed by atoms with Gasteiger partial charge in [0.25, 0.3) is 0 Å². The lowest BCUT2D eigenvalue weighted by molar-refractivity contribution is 0.635. The molecule has 0 saturated carbocycles. The van der Waals surface area contributed by atoms with Gasteiger partial charge in [-0.05, 0) is 63.8 Å². The average Bonchev–Trinajstić information content (AvgIpc) is 2.81. The van der Waals surface area contributed by atoms with Crippen molar-refractivity contribution in [2.45, 2.75) is 46.6 Å². The van der Waals surface area contributed by atoms with Gasteiger partial charge in [-0.2, -0.15) is 5.10 Å². The average molecular weight is 504 g/mol. The maximum Gasteiger partial charge on any atom is 0.191 e. The lowest BCUT2D eigenvalue weighted by Gasteiger charge is -2.18. The smallest absolute Gasteiger partial charge is 0.191 e. The molecule has 1 aromatic heterocycles. The largest absolute Gasteiger partial charge is 0.357 e. The Morgan fingerprint density at radius 3 is 2.67 bits per heavy atom. The third-order valence-electron chi connectivity index (χ3n) is 4.46. The normalized spacial score (nSPS) is 12.4. The molecular weight excluding hydrogens is 473 g/mol. The number of guanidine groups is 1. The Bertz CT molecular complexity index is 757. The fourth-order valence-corrected chi connectivity index (χ4v) is 3.23. The predicted molar refractivity (Wildman–Crippen MR) is 126 cm³/mol. The van der Waals surface area contributed by atoms with Crippen molar-refractivity contribution in [3.05, 3.63) is 51.8 Å². The Balaban J connectivity index is 0.00000364. The van der Waals surface area contributed by atoms with Crippen LogP contribution in [0.4, 0.5) is 0 Å². The standard InChI is InChI=1S/C20H30ClN5.HI/c1-6-22-20(23-11-10-17-8-7-9-18(21)13-17)24-14(2)12-19-15(3)25-26(5)16(19)4;/h7-9,13-14H,6,10-12H2,1-5H3,(H2,22,23,24);1H. The Labute approximate surface area is 185 Å². The SMILES string of the molecule is CCNC(=NCCc1cccc(Cl)c1)NC(C)Cc1c(C)nn(C)c1C.I. The van der Waals surface area contributed by atoms with Crippen LogP contribution in [0.3, 0.4) is 0 Å². The maximum absolute atomic E-state index is 6.04. The first-order chi connectivity index (χ1) is 12.4. The number of rotatable bonds is 7. The summed E-state index contributed by atoms with van der Waals surface area (Å²) in [7, 11) is 1.99. The van der Waals surface area contributed by atoms with Crippen LogP contribution in [0, 0.1) is 13.8 Å². The zero-order valence-corrected chi connectivity index (χ0v) is 19.9. The monoisotopic (exact) mass is 503 g/mol. The summed E-state index contributed by atoms with van der Waals surface area (Å²) in [5.41, 5.74) is 4.83. The van der Waals surface area contributed by atoms with Crippen LogP contribution in [0.15, 0.2) is 29.3 Å². The summed E-state index contributed by atoms with van der Waals surface area (Å²) in [5.74, 6) is 0.848. The number of nitrogens with zero attached hydrogens (tertiary/aromatic N) is 3. The highest BCUT2D eigenvalue weighted by molar-refractivity contribution is 14.0. The van der Waals surface area contributed by atoms with Crippen LogP contribution >= 0.6 is 35.6 Å². The van der Waals surface area contributed by atoms with E-state index in [-0.39, 0.29) is 30.0 Å². The summed E-state index contributed by atoms with van der Waals surface area (Å²) >= 11 is 6.04. The molecule has 1 heterocycles. The Morgan fingerprint density at radius 2 is 2.07 bits per heavy atom. The highest BCUT2D eigenvalue weighted by Crippen LogP contribution is 2.14.